The topological polar surface area (TPSA) is 149 Å². The van der Waals surface area contributed by atoms with Gasteiger partial charge < -0.3 is 23.8 Å². The van der Waals surface area contributed by atoms with Gasteiger partial charge >= 0.3 is 24.1 Å². The van der Waals surface area contributed by atoms with Crippen LogP contribution in [0.1, 0.15) is 104 Å². The van der Waals surface area contributed by atoms with Crippen molar-refractivity contribution >= 4 is 31.5 Å². The molecule has 0 aliphatic carbocycles. The average Bonchev–Trinajstić information content (AvgIpc) is 2.87. The van der Waals surface area contributed by atoms with Crippen molar-refractivity contribution in [1.82, 2.24) is 9.80 Å². The summed E-state index contributed by atoms with van der Waals surface area (Å²) in [7, 11) is -3.66. The van der Waals surface area contributed by atoms with Gasteiger partial charge in [-0.15, -0.1) is 0 Å². The Morgan fingerprint density at radius 1 is 0.891 bits per heavy atom. The van der Waals surface area contributed by atoms with E-state index in [1.54, 1.807) is 87.4 Å². The van der Waals surface area contributed by atoms with Crippen LogP contribution in [0.15, 0.2) is 24.3 Å². The van der Waals surface area contributed by atoms with Gasteiger partial charge in [-0.2, -0.15) is 0 Å². The first kappa shape index (κ1) is 39.2. The number of esters is 1. The molecule has 2 atom stereocenters. The molecule has 260 valence electrons. The number of rotatable bonds is 11. The number of carbonyl (C=O) groups excluding carboxylic acids is 3. The van der Waals surface area contributed by atoms with E-state index in [-0.39, 0.29) is 57.2 Å². The van der Waals surface area contributed by atoms with Gasteiger partial charge in [0.2, 0.25) is 7.37 Å². The smallest absolute Gasteiger partial charge is 0.419 e. The second-order valence-corrected chi connectivity index (χ2v) is 17.5. The lowest BCUT2D eigenvalue weighted by Crippen LogP contribution is -2.56. The van der Waals surface area contributed by atoms with E-state index in [1.807, 2.05) is 4.90 Å². The van der Waals surface area contributed by atoms with Gasteiger partial charge in [0, 0.05) is 32.3 Å². The molecule has 13 heteroatoms. The minimum Gasteiger partial charge on any atom is -0.478 e. The fourth-order valence-electron chi connectivity index (χ4n) is 5.19. The highest BCUT2D eigenvalue weighted by Gasteiger charge is 2.59. The molecule has 1 aliphatic heterocycles. The lowest BCUT2D eigenvalue weighted by atomic mass is 9.98. The highest BCUT2D eigenvalue weighted by molar-refractivity contribution is 7.62. The molecule has 2 rings (SSSR count). The third-order valence-electron chi connectivity index (χ3n) is 7.06. The molecule has 1 aliphatic rings. The van der Waals surface area contributed by atoms with Crippen molar-refractivity contribution in [3.05, 3.63) is 35.4 Å². The largest absolute Gasteiger partial charge is 0.478 e. The van der Waals surface area contributed by atoms with E-state index in [0.29, 0.717) is 12.1 Å². The van der Waals surface area contributed by atoms with E-state index in [0.717, 1.165) is 4.90 Å². The van der Waals surface area contributed by atoms with Gasteiger partial charge in [0.15, 0.2) is 5.16 Å². The van der Waals surface area contributed by atoms with Gasteiger partial charge in [-0.25, -0.2) is 19.3 Å². The molecular weight excluding hydrogens is 615 g/mol. The number of hydrogen-bond acceptors (Lipinski definition) is 10. The normalized spacial score (nSPS) is 20.9. The van der Waals surface area contributed by atoms with E-state index >= 15 is 0 Å². The standard InChI is InChI=1S/C33H53N2O10P/c1-11-42-46(41)21-20-34(22-24-16-12-13-17-25(24)26(36)37)23-33(46,27(38)43-30(2,3)4)18-14-15-19-35(28(39)44-31(5,6)7)29(40)45-32(8,9)10/h12-13,16-17H,11,14-15,18-23H2,1-10H3,(H,36,37). The minimum atomic E-state index is -3.66. The lowest BCUT2D eigenvalue weighted by molar-refractivity contribution is -0.160. The maximum atomic E-state index is 14.6. The maximum absolute atomic E-state index is 14.6. The fourth-order valence-corrected chi connectivity index (χ4v) is 8.20. The number of carbonyl (C=O) groups is 4. The van der Waals surface area contributed by atoms with Gasteiger partial charge in [-0.05, 0) is 100 Å². The van der Waals surface area contributed by atoms with Crippen LogP contribution in [0.3, 0.4) is 0 Å². The first-order valence-electron chi connectivity index (χ1n) is 15.8. The summed E-state index contributed by atoms with van der Waals surface area (Å²) in [5.74, 6) is -1.73. The van der Waals surface area contributed by atoms with Gasteiger partial charge in [0.1, 0.15) is 16.8 Å². The highest BCUT2D eigenvalue weighted by atomic mass is 31.2. The van der Waals surface area contributed by atoms with Gasteiger partial charge in [-0.1, -0.05) is 18.2 Å². The van der Waals surface area contributed by atoms with Crippen molar-refractivity contribution in [1.29, 1.82) is 0 Å². The summed E-state index contributed by atoms with van der Waals surface area (Å²) in [5.41, 5.74) is -1.89. The molecule has 1 fully saturated rings. The third kappa shape index (κ3) is 11.1. The number of carboxylic acid groups (broad SMARTS) is 1. The van der Waals surface area contributed by atoms with Crippen LogP contribution in [0, 0.1) is 0 Å². The van der Waals surface area contributed by atoms with Crippen molar-refractivity contribution in [2.24, 2.45) is 0 Å². The van der Waals surface area contributed by atoms with E-state index in [9.17, 15) is 28.8 Å². The number of benzene rings is 1. The van der Waals surface area contributed by atoms with Crippen molar-refractivity contribution < 1.29 is 47.6 Å². The Morgan fingerprint density at radius 2 is 1.43 bits per heavy atom. The zero-order valence-electron chi connectivity index (χ0n) is 29.1. The minimum absolute atomic E-state index is 0.00892. The molecule has 1 heterocycles. The van der Waals surface area contributed by atoms with Gasteiger partial charge in [-0.3, -0.25) is 14.3 Å². The molecule has 1 N–H and O–H groups in total. The Labute approximate surface area is 273 Å². The summed E-state index contributed by atoms with van der Waals surface area (Å²) < 4.78 is 37.4. The number of imide groups is 1. The van der Waals surface area contributed by atoms with Crippen LogP contribution >= 0.6 is 7.37 Å². The summed E-state index contributed by atoms with van der Waals surface area (Å²) in [6, 6.07) is 6.64. The Kier molecular flexibility index (Phi) is 13.0. The Balaban J connectivity index is 2.43. The van der Waals surface area contributed by atoms with Crippen molar-refractivity contribution in [2.75, 3.05) is 32.4 Å². The molecule has 1 saturated heterocycles. The van der Waals surface area contributed by atoms with Crippen molar-refractivity contribution in [3.63, 3.8) is 0 Å². The molecule has 0 radical (unpaired) electrons. The van der Waals surface area contributed by atoms with Crippen LogP contribution in [0.2, 0.25) is 0 Å². The fraction of sp³-hybridized carbons (Fsp3) is 0.697. The van der Waals surface area contributed by atoms with Crippen LogP contribution in [-0.2, 0) is 34.6 Å². The van der Waals surface area contributed by atoms with Crippen LogP contribution in [-0.4, -0.2) is 93.4 Å². The van der Waals surface area contributed by atoms with Gasteiger partial charge in [0.05, 0.1) is 12.2 Å². The summed E-state index contributed by atoms with van der Waals surface area (Å²) in [6.45, 7) is 17.7. The third-order valence-corrected chi connectivity index (χ3v) is 10.4. The number of hydrogen-bond donors (Lipinski definition) is 1. The number of carboxylic acids is 1. The van der Waals surface area contributed by atoms with E-state index < -0.39 is 53.5 Å². The Morgan fingerprint density at radius 3 is 1.93 bits per heavy atom. The molecule has 1 aromatic carbocycles. The maximum Gasteiger partial charge on any atom is 0.419 e. The average molecular weight is 669 g/mol. The molecule has 2 amide bonds. The molecule has 0 saturated carbocycles. The molecule has 2 unspecified atom stereocenters. The summed E-state index contributed by atoms with van der Waals surface area (Å²) in [4.78, 5) is 54.8. The monoisotopic (exact) mass is 668 g/mol. The Hall–Kier alpha value is -2.95. The molecule has 0 spiro atoms. The second-order valence-electron chi connectivity index (χ2n) is 14.6. The number of aromatic carboxylic acids is 1. The van der Waals surface area contributed by atoms with Crippen LogP contribution < -0.4 is 0 Å². The zero-order chi connectivity index (χ0) is 35.1. The molecule has 46 heavy (non-hydrogen) atoms. The number of nitrogens with zero attached hydrogens (tertiary/aromatic N) is 2. The quantitative estimate of drug-likeness (QED) is 0.113. The van der Waals surface area contributed by atoms with Crippen LogP contribution in [0.5, 0.6) is 0 Å². The summed E-state index contributed by atoms with van der Waals surface area (Å²) >= 11 is 0. The number of amides is 2. The van der Waals surface area contributed by atoms with Crippen LogP contribution in [0.25, 0.3) is 0 Å². The van der Waals surface area contributed by atoms with Crippen molar-refractivity contribution in [2.45, 2.75) is 117 Å². The van der Waals surface area contributed by atoms with E-state index in [2.05, 4.69) is 0 Å². The summed E-state index contributed by atoms with van der Waals surface area (Å²) in [5, 5.41) is 8.16. The van der Waals surface area contributed by atoms with Crippen molar-refractivity contribution in [3.8, 4) is 0 Å². The predicted octanol–water partition coefficient (Wildman–Crippen LogP) is 6.94. The predicted molar refractivity (Wildman–Crippen MR) is 174 cm³/mol. The molecule has 0 aromatic heterocycles. The molecule has 1 aromatic rings. The van der Waals surface area contributed by atoms with Gasteiger partial charge in [0.25, 0.3) is 0 Å². The first-order chi connectivity index (χ1) is 21.0. The van der Waals surface area contributed by atoms with E-state index in [1.165, 1.54) is 6.07 Å². The summed E-state index contributed by atoms with van der Waals surface area (Å²) in [6.07, 6.45) is -1.05. The molecule has 12 nitrogen and oxygen atoms in total. The zero-order valence-corrected chi connectivity index (χ0v) is 30.0. The number of unbranched alkanes of at least 4 members (excludes halogenated alkanes) is 1. The second kappa shape index (κ2) is 15.3. The first-order valence-corrected chi connectivity index (χ1v) is 17.6. The van der Waals surface area contributed by atoms with E-state index in [4.69, 9.17) is 18.7 Å². The highest BCUT2D eigenvalue weighted by Crippen LogP contribution is 2.64. The molecular formula is C33H53N2O10P. The Bertz CT molecular complexity index is 1270. The lowest BCUT2D eigenvalue weighted by Gasteiger charge is -2.46. The molecule has 0 bridgehead atoms. The SMILES string of the molecule is CCOP1(=O)CCN(Cc2ccccc2C(=O)O)CC1(CCCCN(C(=O)OC(C)(C)C)C(=O)OC(C)(C)C)C(=O)OC(C)(C)C. The van der Waals surface area contributed by atoms with Crippen LogP contribution in [0.4, 0.5) is 9.59 Å². The number of ether oxygens (including phenoxy) is 3.